The van der Waals surface area contributed by atoms with Crippen LogP contribution in [0.2, 0.25) is 0 Å². The van der Waals surface area contributed by atoms with Crippen LogP contribution in [0, 0.1) is 0 Å². The van der Waals surface area contributed by atoms with E-state index in [0.717, 1.165) is 6.07 Å². The third-order valence-corrected chi connectivity index (χ3v) is 2.62. The molecule has 2 rings (SSSR count). The van der Waals surface area contributed by atoms with Gasteiger partial charge in [-0.2, -0.15) is 0 Å². The molecule has 1 atom stereocenters. The van der Waals surface area contributed by atoms with E-state index in [1.807, 2.05) is 0 Å². The fourth-order valence-corrected chi connectivity index (χ4v) is 1.62. The summed E-state index contributed by atoms with van der Waals surface area (Å²) in [6.45, 7) is 0. The lowest BCUT2D eigenvalue weighted by Gasteiger charge is -2.10. The molecule has 0 saturated heterocycles. The highest BCUT2D eigenvalue weighted by Gasteiger charge is 2.19. The van der Waals surface area contributed by atoms with Gasteiger partial charge < -0.3 is 15.3 Å². The van der Waals surface area contributed by atoms with Gasteiger partial charge in [0.25, 0.3) is 0 Å². The number of hydrogen-bond acceptors (Lipinski definition) is 4. The zero-order valence-corrected chi connectivity index (χ0v) is 9.45. The predicted molar refractivity (Wildman–Crippen MR) is 65.5 cm³/mol. The van der Waals surface area contributed by atoms with Crippen molar-refractivity contribution in [2.45, 2.75) is 6.10 Å². The van der Waals surface area contributed by atoms with Gasteiger partial charge in [0.05, 0.1) is 0 Å². The number of rotatable bonds is 3. The van der Waals surface area contributed by atoms with Gasteiger partial charge in [0.15, 0.2) is 17.3 Å². The molecule has 2 aromatic rings. The molecule has 0 heterocycles. The quantitative estimate of drug-likeness (QED) is 0.570. The normalized spacial score (nSPS) is 12.1. The zero-order valence-electron chi connectivity index (χ0n) is 9.45. The highest BCUT2D eigenvalue weighted by Crippen LogP contribution is 2.27. The van der Waals surface area contributed by atoms with Gasteiger partial charge in [-0.15, -0.1) is 0 Å². The minimum Gasteiger partial charge on any atom is -0.504 e. The first-order valence-corrected chi connectivity index (χ1v) is 5.39. The molecule has 0 radical (unpaired) electrons. The van der Waals surface area contributed by atoms with Crippen molar-refractivity contribution >= 4 is 5.78 Å². The lowest BCUT2D eigenvalue weighted by atomic mass is 10.00. The minimum absolute atomic E-state index is 0.140. The fraction of sp³-hybridized carbons (Fsp3) is 0.0714. The Balaban J connectivity index is 2.29. The Bertz CT molecular complexity index is 563. The van der Waals surface area contributed by atoms with E-state index in [1.165, 1.54) is 12.1 Å². The summed E-state index contributed by atoms with van der Waals surface area (Å²) >= 11 is 0. The molecule has 0 bridgehead atoms. The third kappa shape index (κ3) is 2.33. The predicted octanol–water partition coefficient (Wildman–Crippen LogP) is 2.01. The number of phenols is 2. The van der Waals surface area contributed by atoms with E-state index in [0.29, 0.717) is 5.56 Å². The monoisotopic (exact) mass is 244 g/mol. The summed E-state index contributed by atoms with van der Waals surface area (Å²) in [5, 5.41) is 28.4. The molecule has 0 aliphatic heterocycles. The number of aromatic hydroxyl groups is 2. The van der Waals surface area contributed by atoms with E-state index < -0.39 is 11.9 Å². The Morgan fingerprint density at radius 2 is 1.61 bits per heavy atom. The van der Waals surface area contributed by atoms with Crippen LogP contribution in [0.1, 0.15) is 22.0 Å². The summed E-state index contributed by atoms with van der Waals surface area (Å²) in [5.41, 5.74) is 0.622. The van der Waals surface area contributed by atoms with E-state index in [4.69, 9.17) is 5.11 Å². The standard InChI is InChI=1S/C14H12O4/c15-11-7-6-10(8-12(11)16)14(18)13(17)9-4-2-1-3-5-9/h1-8,13,15-17H. The van der Waals surface area contributed by atoms with Crippen molar-refractivity contribution in [1.82, 2.24) is 0 Å². The van der Waals surface area contributed by atoms with Crippen LogP contribution in [0.15, 0.2) is 48.5 Å². The number of carbonyl (C=O) groups excluding carboxylic acids is 1. The number of benzene rings is 2. The Kier molecular flexibility index (Phi) is 3.30. The second kappa shape index (κ2) is 4.89. The summed E-state index contributed by atoms with van der Waals surface area (Å²) in [6, 6.07) is 12.2. The van der Waals surface area contributed by atoms with Crippen molar-refractivity contribution in [3.63, 3.8) is 0 Å². The van der Waals surface area contributed by atoms with E-state index in [9.17, 15) is 15.0 Å². The summed E-state index contributed by atoms with van der Waals surface area (Å²) in [7, 11) is 0. The fourth-order valence-electron chi connectivity index (χ4n) is 1.62. The molecule has 2 aromatic carbocycles. The molecule has 0 aromatic heterocycles. The van der Waals surface area contributed by atoms with E-state index in [-0.39, 0.29) is 17.1 Å². The lowest BCUT2D eigenvalue weighted by Crippen LogP contribution is -2.12. The Hall–Kier alpha value is -2.33. The third-order valence-electron chi connectivity index (χ3n) is 2.62. The number of hydrogen-bond donors (Lipinski definition) is 3. The van der Waals surface area contributed by atoms with Crippen LogP contribution in [-0.4, -0.2) is 21.1 Å². The second-order valence-corrected chi connectivity index (χ2v) is 3.88. The van der Waals surface area contributed by atoms with Crippen molar-refractivity contribution in [1.29, 1.82) is 0 Å². The van der Waals surface area contributed by atoms with Crippen molar-refractivity contribution in [3.05, 3.63) is 59.7 Å². The Morgan fingerprint density at radius 1 is 0.944 bits per heavy atom. The van der Waals surface area contributed by atoms with Crippen LogP contribution >= 0.6 is 0 Å². The molecule has 0 amide bonds. The molecule has 18 heavy (non-hydrogen) atoms. The molecule has 4 nitrogen and oxygen atoms in total. The van der Waals surface area contributed by atoms with Crippen LogP contribution in [0.3, 0.4) is 0 Å². The van der Waals surface area contributed by atoms with Gasteiger partial charge in [0, 0.05) is 5.56 Å². The van der Waals surface area contributed by atoms with Crippen LogP contribution in [0.4, 0.5) is 0 Å². The maximum atomic E-state index is 12.0. The average molecular weight is 244 g/mol. The van der Waals surface area contributed by atoms with E-state index in [2.05, 4.69) is 0 Å². The van der Waals surface area contributed by atoms with Gasteiger partial charge in [0.1, 0.15) is 6.10 Å². The van der Waals surface area contributed by atoms with E-state index >= 15 is 0 Å². The largest absolute Gasteiger partial charge is 0.504 e. The molecule has 1 unspecified atom stereocenters. The van der Waals surface area contributed by atoms with Crippen LogP contribution in [0.25, 0.3) is 0 Å². The smallest absolute Gasteiger partial charge is 0.195 e. The van der Waals surface area contributed by atoms with Crippen LogP contribution < -0.4 is 0 Å². The maximum Gasteiger partial charge on any atom is 0.195 e. The zero-order chi connectivity index (χ0) is 13.1. The first kappa shape index (κ1) is 12.1. The van der Waals surface area contributed by atoms with Gasteiger partial charge in [-0.05, 0) is 23.8 Å². The van der Waals surface area contributed by atoms with Gasteiger partial charge in [-0.3, -0.25) is 4.79 Å². The first-order chi connectivity index (χ1) is 8.59. The van der Waals surface area contributed by atoms with E-state index in [1.54, 1.807) is 30.3 Å². The summed E-state index contributed by atoms with van der Waals surface area (Å²) in [4.78, 5) is 12.0. The average Bonchev–Trinajstić information content (AvgIpc) is 2.41. The molecule has 0 fully saturated rings. The molecule has 0 aliphatic rings. The molecule has 0 saturated carbocycles. The molecular weight excluding hydrogens is 232 g/mol. The molecule has 0 aliphatic carbocycles. The number of aliphatic hydroxyl groups excluding tert-OH is 1. The SMILES string of the molecule is O=C(c1ccc(O)c(O)c1)C(O)c1ccccc1. The van der Waals surface area contributed by atoms with Crippen LogP contribution in [0.5, 0.6) is 11.5 Å². The van der Waals surface area contributed by atoms with Crippen molar-refractivity contribution < 1.29 is 20.1 Å². The highest BCUT2D eigenvalue weighted by molar-refractivity contribution is 6.00. The number of Topliss-reactive ketones (excluding diaryl/α,β-unsaturated/α-hetero) is 1. The summed E-state index contributed by atoms with van der Waals surface area (Å²) in [6.07, 6.45) is -1.28. The summed E-state index contributed by atoms with van der Waals surface area (Å²) in [5.74, 6) is -1.22. The number of aliphatic hydroxyl groups is 1. The van der Waals surface area contributed by atoms with Gasteiger partial charge in [0.2, 0.25) is 0 Å². The maximum absolute atomic E-state index is 12.0. The highest BCUT2D eigenvalue weighted by atomic mass is 16.3. The molecule has 4 heteroatoms. The van der Waals surface area contributed by atoms with Crippen molar-refractivity contribution in [3.8, 4) is 11.5 Å². The molecular formula is C14H12O4. The topological polar surface area (TPSA) is 77.8 Å². The number of ketones is 1. The van der Waals surface area contributed by atoms with Gasteiger partial charge in [-0.1, -0.05) is 30.3 Å². The Labute approximate surface area is 104 Å². The first-order valence-electron chi connectivity index (χ1n) is 5.39. The lowest BCUT2D eigenvalue weighted by molar-refractivity contribution is 0.0747. The van der Waals surface area contributed by atoms with Crippen LogP contribution in [-0.2, 0) is 0 Å². The minimum atomic E-state index is -1.28. The van der Waals surface area contributed by atoms with Gasteiger partial charge >= 0.3 is 0 Å². The van der Waals surface area contributed by atoms with Gasteiger partial charge in [-0.25, -0.2) is 0 Å². The molecule has 3 N–H and O–H groups in total. The van der Waals surface area contributed by atoms with Crippen molar-refractivity contribution in [2.24, 2.45) is 0 Å². The Morgan fingerprint density at radius 3 is 2.22 bits per heavy atom. The second-order valence-electron chi connectivity index (χ2n) is 3.88. The van der Waals surface area contributed by atoms with Crippen molar-refractivity contribution in [2.75, 3.05) is 0 Å². The summed E-state index contributed by atoms with van der Waals surface area (Å²) < 4.78 is 0. The molecule has 92 valence electrons. The molecule has 0 spiro atoms. The number of phenolic OH excluding ortho intramolecular Hbond substituents is 2. The number of carbonyl (C=O) groups is 1.